The Morgan fingerprint density at radius 1 is 0.480 bits per heavy atom. The molecule has 0 nitrogen and oxygen atoms in total. The summed E-state index contributed by atoms with van der Waals surface area (Å²) >= 11 is 0. The normalized spacial score (nSPS) is 19.6. The fourth-order valence-electron chi connectivity index (χ4n) is 3.32. The molecule has 0 atom stereocenters. The van der Waals surface area contributed by atoms with Crippen LogP contribution in [0.4, 0.5) is 4.39 Å². The van der Waals surface area contributed by atoms with Crippen LogP contribution in [-0.4, -0.2) is 7.18 Å². The van der Waals surface area contributed by atoms with Gasteiger partial charge in [0.25, 0.3) is 0 Å². The van der Waals surface area contributed by atoms with Crippen molar-refractivity contribution >= 4 is 0 Å². The number of halogens is 1. The molecule has 0 aromatic rings. The van der Waals surface area contributed by atoms with Gasteiger partial charge in [0.05, 0.1) is 7.18 Å². The second-order valence-corrected chi connectivity index (χ2v) is 8.81. The molecule has 0 amide bonds. The summed E-state index contributed by atoms with van der Waals surface area (Å²) in [5.74, 6) is 6.11. The quantitative estimate of drug-likeness (QED) is 0.472. The minimum absolute atomic E-state index is 0.500. The Morgan fingerprint density at radius 3 is 0.640 bits per heavy atom. The summed E-state index contributed by atoms with van der Waals surface area (Å²) in [6.07, 6.45) is 13.5. The monoisotopic (exact) mass is 358 g/mol. The van der Waals surface area contributed by atoms with Crippen molar-refractivity contribution in [3.63, 3.8) is 0 Å². The van der Waals surface area contributed by atoms with E-state index in [9.17, 15) is 4.39 Å². The van der Waals surface area contributed by atoms with E-state index in [4.69, 9.17) is 0 Å². The first-order chi connectivity index (χ1) is 11.9. The third kappa shape index (κ3) is 12.8. The van der Waals surface area contributed by atoms with Gasteiger partial charge in [-0.15, -0.1) is 0 Å². The summed E-state index contributed by atoms with van der Waals surface area (Å²) in [6.45, 7) is 17.9. The molecule has 0 unspecified atom stereocenters. The van der Waals surface area contributed by atoms with E-state index in [0.717, 1.165) is 35.5 Å². The highest BCUT2D eigenvalue weighted by molar-refractivity contribution is 4.72. The van der Waals surface area contributed by atoms with Gasteiger partial charge < -0.3 is 0 Å². The molecule has 0 heterocycles. The number of alkyl halides is 1. The molecule has 25 heavy (non-hydrogen) atoms. The van der Waals surface area contributed by atoms with Gasteiger partial charge in [-0.3, -0.25) is 4.39 Å². The molecule has 3 saturated carbocycles. The van der Waals surface area contributed by atoms with Crippen molar-refractivity contribution in [2.24, 2.45) is 35.5 Å². The van der Waals surface area contributed by atoms with Crippen molar-refractivity contribution in [3.8, 4) is 0 Å². The Morgan fingerprint density at radius 2 is 0.640 bits per heavy atom. The lowest BCUT2D eigenvalue weighted by atomic mass is 9.78. The zero-order chi connectivity index (χ0) is 19.8. The van der Waals surface area contributed by atoms with Crippen LogP contribution in [0, 0.1) is 35.5 Å². The van der Waals surface area contributed by atoms with Crippen molar-refractivity contribution in [3.05, 3.63) is 0 Å². The van der Waals surface area contributed by atoms with E-state index < -0.39 is 0 Å². The van der Waals surface area contributed by atoms with Gasteiger partial charge in [-0.25, -0.2) is 0 Å². The highest BCUT2D eigenvalue weighted by Crippen LogP contribution is 2.33. The molecule has 0 aromatic heterocycles. The van der Waals surface area contributed by atoms with Gasteiger partial charge in [0.15, 0.2) is 0 Å². The number of hydrogen-bond acceptors (Lipinski definition) is 0. The maximum Gasteiger partial charge on any atom is 0.0785 e. The molecule has 0 aliphatic heterocycles. The molecule has 0 bridgehead atoms. The first kappa shape index (κ1) is 27.2. The Bertz CT molecular complexity index is 202. The predicted molar refractivity (Wildman–Crippen MR) is 115 cm³/mol. The summed E-state index contributed by atoms with van der Waals surface area (Å²) < 4.78 is 9.50. The molecule has 3 aliphatic rings. The lowest BCUT2D eigenvalue weighted by Crippen LogP contribution is -2.16. The van der Waals surface area contributed by atoms with Crippen molar-refractivity contribution in [1.82, 2.24) is 0 Å². The molecule has 0 aromatic carbocycles. The molecule has 3 rings (SSSR count). The van der Waals surface area contributed by atoms with Gasteiger partial charge in [-0.05, 0) is 35.5 Å². The van der Waals surface area contributed by atoms with Crippen LogP contribution in [0.1, 0.15) is 113 Å². The van der Waals surface area contributed by atoms with Gasteiger partial charge in [-0.1, -0.05) is 113 Å². The van der Waals surface area contributed by atoms with Gasteiger partial charge >= 0.3 is 0 Å². The minimum atomic E-state index is 0.500. The van der Waals surface area contributed by atoms with E-state index in [1.165, 1.54) is 57.8 Å². The highest BCUT2D eigenvalue weighted by atomic mass is 19.1. The predicted octanol–water partition coefficient (Wildman–Crippen LogP) is 8.94. The zero-order valence-electron chi connectivity index (χ0n) is 19.2. The average molecular weight is 359 g/mol. The van der Waals surface area contributed by atoms with Crippen molar-refractivity contribution in [2.75, 3.05) is 7.18 Å². The summed E-state index contributed by atoms with van der Waals surface area (Å²) in [5, 5.41) is 0. The van der Waals surface area contributed by atoms with Crippen LogP contribution in [0.2, 0.25) is 0 Å². The molecule has 0 spiro atoms. The molecular weight excluding hydrogens is 307 g/mol. The zero-order valence-corrected chi connectivity index (χ0v) is 19.2. The highest BCUT2D eigenvalue weighted by Gasteiger charge is 2.20. The number of hydrogen-bond donors (Lipinski definition) is 0. The van der Waals surface area contributed by atoms with Crippen LogP contribution < -0.4 is 0 Å². The van der Waals surface area contributed by atoms with Crippen LogP contribution in [-0.2, 0) is 0 Å². The molecule has 1 heteroatoms. The minimum Gasteiger partial charge on any atom is -0.255 e. The largest absolute Gasteiger partial charge is 0.255 e. The van der Waals surface area contributed by atoms with E-state index in [-0.39, 0.29) is 0 Å². The van der Waals surface area contributed by atoms with Crippen molar-refractivity contribution < 1.29 is 4.39 Å². The van der Waals surface area contributed by atoms with Crippen LogP contribution in [0.3, 0.4) is 0 Å². The van der Waals surface area contributed by atoms with Crippen LogP contribution in [0.25, 0.3) is 0 Å². The van der Waals surface area contributed by atoms with Crippen LogP contribution in [0.5, 0.6) is 0 Å². The summed E-state index contributed by atoms with van der Waals surface area (Å²) in [7, 11) is 0.500. The first-order valence-electron chi connectivity index (χ1n) is 11.3. The second-order valence-electron chi connectivity index (χ2n) is 8.81. The molecule has 3 fully saturated rings. The Balaban J connectivity index is 0. The smallest absolute Gasteiger partial charge is 0.0785 e. The number of rotatable bonds is 3. The topological polar surface area (TPSA) is 0 Å². The van der Waals surface area contributed by atoms with E-state index in [2.05, 4.69) is 41.5 Å². The Kier molecular flexibility index (Phi) is 18.8. The van der Waals surface area contributed by atoms with E-state index in [0.29, 0.717) is 7.18 Å². The second kappa shape index (κ2) is 17.3. The fraction of sp³-hybridized carbons (Fsp3) is 1.00. The Labute approximate surface area is 160 Å². The Hall–Kier alpha value is -0.0700. The molecule has 0 saturated heterocycles. The third-order valence-electron chi connectivity index (χ3n) is 6.28. The van der Waals surface area contributed by atoms with Gasteiger partial charge in [0.1, 0.15) is 0 Å². The first-order valence-corrected chi connectivity index (χ1v) is 11.3. The van der Waals surface area contributed by atoms with Crippen molar-refractivity contribution in [2.45, 2.75) is 113 Å². The van der Waals surface area contributed by atoms with E-state index >= 15 is 0 Å². The molecule has 154 valence electrons. The van der Waals surface area contributed by atoms with E-state index in [1.807, 2.05) is 13.8 Å². The standard InChI is InChI=1S/3C7H14.C2H6.CH3F/c3*1-6(2)7-4-3-5-7;2*1-2/h3*6-7H,3-5H2,1-2H3;1-2H3;1H3. The summed E-state index contributed by atoms with van der Waals surface area (Å²) in [5.41, 5.74) is 0. The lowest BCUT2D eigenvalue weighted by molar-refractivity contribution is 0.235. The molecule has 3 aliphatic carbocycles. The summed E-state index contributed by atoms with van der Waals surface area (Å²) in [4.78, 5) is 0. The molecule has 0 radical (unpaired) electrons. The lowest BCUT2D eigenvalue weighted by Gasteiger charge is -2.28. The maximum atomic E-state index is 9.50. The van der Waals surface area contributed by atoms with Gasteiger partial charge in [0.2, 0.25) is 0 Å². The SMILES string of the molecule is CC.CC(C)C1CCC1.CC(C)C1CCC1.CC(C)C1CCC1.CF. The average Bonchev–Trinajstić information content (AvgIpc) is 2.36. The maximum absolute atomic E-state index is 9.50. The fourth-order valence-corrected chi connectivity index (χ4v) is 3.32. The van der Waals surface area contributed by atoms with Crippen LogP contribution in [0.15, 0.2) is 0 Å². The molecular formula is C24H51F. The van der Waals surface area contributed by atoms with Gasteiger partial charge in [0, 0.05) is 0 Å². The van der Waals surface area contributed by atoms with Gasteiger partial charge in [-0.2, -0.15) is 0 Å². The third-order valence-corrected chi connectivity index (χ3v) is 6.28. The van der Waals surface area contributed by atoms with Crippen molar-refractivity contribution in [1.29, 1.82) is 0 Å². The van der Waals surface area contributed by atoms with E-state index in [1.54, 1.807) is 0 Å². The molecule has 0 N–H and O–H groups in total. The summed E-state index contributed by atoms with van der Waals surface area (Å²) in [6, 6.07) is 0. The van der Waals surface area contributed by atoms with Crippen LogP contribution >= 0.6 is 0 Å².